The van der Waals surface area contributed by atoms with Crippen LogP contribution in [0.3, 0.4) is 0 Å². The van der Waals surface area contributed by atoms with Gasteiger partial charge in [-0.2, -0.15) is 0 Å². The van der Waals surface area contributed by atoms with E-state index in [9.17, 15) is 9.59 Å². The molecule has 1 N–H and O–H groups in total. The van der Waals surface area contributed by atoms with Crippen molar-refractivity contribution in [3.8, 4) is 0 Å². The summed E-state index contributed by atoms with van der Waals surface area (Å²) >= 11 is 2.89. The molecule has 7 heteroatoms. The maximum Gasteiger partial charge on any atom is 0.316 e. The molecule has 0 atom stereocenters. The Hall–Kier alpha value is -1.34. The highest BCUT2D eigenvalue weighted by atomic mass is 32.2. The van der Waals surface area contributed by atoms with E-state index in [1.807, 2.05) is 0 Å². The molecule has 29 heavy (non-hydrogen) atoms. The van der Waals surface area contributed by atoms with E-state index in [1.165, 1.54) is 28.6 Å². The van der Waals surface area contributed by atoms with Crippen molar-refractivity contribution >= 4 is 39.3 Å². The molecule has 0 amide bonds. The summed E-state index contributed by atoms with van der Waals surface area (Å²) in [5.74, 6) is 0.658. The van der Waals surface area contributed by atoms with Gasteiger partial charge in [0.1, 0.15) is 10.9 Å². The van der Waals surface area contributed by atoms with Crippen LogP contribution < -0.4 is 5.56 Å². The van der Waals surface area contributed by atoms with E-state index in [0.717, 1.165) is 55.2 Å². The zero-order valence-electron chi connectivity index (χ0n) is 17.5. The lowest BCUT2D eigenvalue weighted by molar-refractivity contribution is -0.148. The zero-order valence-corrected chi connectivity index (χ0v) is 19.1. The topological polar surface area (TPSA) is 72.0 Å². The second-order valence-electron chi connectivity index (χ2n) is 9.38. The maximum absolute atomic E-state index is 12.6. The van der Waals surface area contributed by atoms with Gasteiger partial charge in [0.05, 0.1) is 11.1 Å². The number of aromatic nitrogens is 2. The third-order valence-electron chi connectivity index (χ3n) is 6.33. The Labute approximate surface area is 180 Å². The first kappa shape index (κ1) is 20.9. The second kappa shape index (κ2) is 8.42. The Morgan fingerprint density at radius 2 is 1.93 bits per heavy atom. The summed E-state index contributed by atoms with van der Waals surface area (Å²) in [6, 6.07) is 0. The first-order valence-electron chi connectivity index (χ1n) is 10.7. The number of nitrogens with one attached hydrogen (secondary N) is 1. The van der Waals surface area contributed by atoms with Crippen LogP contribution in [-0.4, -0.2) is 27.8 Å². The number of esters is 1. The molecule has 4 rings (SSSR count). The molecule has 0 spiro atoms. The summed E-state index contributed by atoms with van der Waals surface area (Å²) in [5.41, 5.74) is 1.43. The number of thioether (sulfide) groups is 1. The third-order valence-corrected chi connectivity index (χ3v) is 8.36. The number of rotatable bonds is 4. The Morgan fingerprint density at radius 1 is 1.21 bits per heavy atom. The molecule has 2 aliphatic rings. The summed E-state index contributed by atoms with van der Waals surface area (Å²) in [5, 5.41) is 1.27. The van der Waals surface area contributed by atoms with Gasteiger partial charge in [0, 0.05) is 4.88 Å². The molecule has 0 unspecified atom stereocenters. The van der Waals surface area contributed by atoms with E-state index in [4.69, 9.17) is 4.74 Å². The van der Waals surface area contributed by atoms with Gasteiger partial charge in [-0.05, 0) is 68.3 Å². The van der Waals surface area contributed by atoms with Gasteiger partial charge < -0.3 is 9.72 Å². The molecule has 0 aromatic carbocycles. The number of H-pyrrole nitrogens is 1. The van der Waals surface area contributed by atoms with E-state index in [-0.39, 0.29) is 23.4 Å². The van der Waals surface area contributed by atoms with Gasteiger partial charge in [0.15, 0.2) is 5.16 Å². The smallest absolute Gasteiger partial charge is 0.316 e. The predicted octanol–water partition coefficient (Wildman–Crippen LogP) is 5.10. The number of aryl methyl sites for hydroxylation is 2. The lowest BCUT2D eigenvalue weighted by atomic mass is 9.72. The highest BCUT2D eigenvalue weighted by molar-refractivity contribution is 7.99. The minimum Gasteiger partial charge on any atom is -0.462 e. The average Bonchev–Trinajstić information content (AvgIpc) is 3.05. The van der Waals surface area contributed by atoms with E-state index in [1.54, 1.807) is 11.3 Å². The standard InChI is InChI=1S/C22H30N2O3S2/c1-22(2,3)13-8-10-14(11-9-13)27-17(25)12-28-21-23-19(26)18-15-6-4-5-7-16(15)29-20(18)24-21/h13-14H,4-12H2,1-3H3,(H,23,24,26). The molecule has 0 bridgehead atoms. The van der Waals surface area contributed by atoms with Crippen molar-refractivity contribution < 1.29 is 9.53 Å². The highest BCUT2D eigenvalue weighted by Crippen LogP contribution is 2.38. The van der Waals surface area contributed by atoms with Gasteiger partial charge in [0.2, 0.25) is 0 Å². The van der Waals surface area contributed by atoms with Gasteiger partial charge in [-0.1, -0.05) is 32.5 Å². The SMILES string of the molecule is CC(C)(C)C1CCC(OC(=O)CSc2nc3sc4c(c3c(=O)[nH]2)CCCC4)CC1. The molecule has 2 aromatic heterocycles. The van der Waals surface area contributed by atoms with Gasteiger partial charge in [-0.15, -0.1) is 11.3 Å². The minimum atomic E-state index is -0.220. The number of thiophene rings is 1. The number of aromatic amines is 1. The van der Waals surface area contributed by atoms with Gasteiger partial charge in [-0.25, -0.2) is 4.98 Å². The van der Waals surface area contributed by atoms with Crippen molar-refractivity contribution in [2.75, 3.05) is 5.75 Å². The largest absolute Gasteiger partial charge is 0.462 e. The van der Waals surface area contributed by atoms with E-state index in [2.05, 4.69) is 30.7 Å². The van der Waals surface area contributed by atoms with Crippen LogP contribution >= 0.6 is 23.1 Å². The molecule has 2 heterocycles. The van der Waals surface area contributed by atoms with Crippen molar-refractivity contribution in [2.45, 2.75) is 83.4 Å². The Bertz CT molecular complexity index is 949. The average molecular weight is 435 g/mol. The highest BCUT2D eigenvalue weighted by Gasteiger charge is 2.31. The third kappa shape index (κ3) is 4.71. The summed E-state index contributed by atoms with van der Waals surface area (Å²) < 4.78 is 5.68. The first-order valence-corrected chi connectivity index (χ1v) is 12.5. The van der Waals surface area contributed by atoms with Crippen LogP contribution in [-0.2, 0) is 22.4 Å². The van der Waals surface area contributed by atoms with Crippen LogP contribution in [0.2, 0.25) is 0 Å². The number of hydrogen-bond acceptors (Lipinski definition) is 6. The van der Waals surface area contributed by atoms with E-state index in [0.29, 0.717) is 16.5 Å². The molecule has 0 radical (unpaired) electrons. The Morgan fingerprint density at radius 3 is 2.66 bits per heavy atom. The fraction of sp³-hybridized carbons (Fsp3) is 0.682. The number of nitrogens with zero attached hydrogens (tertiary/aromatic N) is 1. The van der Waals surface area contributed by atoms with E-state index < -0.39 is 0 Å². The second-order valence-corrected chi connectivity index (χ2v) is 11.4. The van der Waals surface area contributed by atoms with Crippen LogP contribution in [0.1, 0.15) is 69.7 Å². The van der Waals surface area contributed by atoms with Crippen molar-refractivity contribution in [3.63, 3.8) is 0 Å². The summed E-state index contributed by atoms with van der Waals surface area (Å²) in [7, 11) is 0. The van der Waals surface area contributed by atoms with Crippen LogP contribution in [0.4, 0.5) is 0 Å². The minimum absolute atomic E-state index is 0.0280. The number of ether oxygens (including phenoxy) is 1. The van der Waals surface area contributed by atoms with Crippen LogP contribution in [0.5, 0.6) is 0 Å². The summed E-state index contributed by atoms with van der Waals surface area (Å²) in [6.07, 6.45) is 8.48. The fourth-order valence-corrected chi connectivity index (χ4v) is 6.57. The lowest BCUT2D eigenvalue weighted by Crippen LogP contribution is -2.30. The predicted molar refractivity (Wildman–Crippen MR) is 119 cm³/mol. The molecule has 2 aliphatic carbocycles. The molecule has 0 aliphatic heterocycles. The zero-order chi connectivity index (χ0) is 20.6. The molecule has 2 aromatic rings. The number of fused-ring (bicyclic) bond motifs is 3. The number of carbonyl (C=O) groups excluding carboxylic acids is 1. The molecular formula is C22H30N2O3S2. The Kier molecular flexibility index (Phi) is 6.07. The molecule has 5 nitrogen and oxygen atoms in total. The number of carbonyl (C=O) groups is 1. The summed E-state index contributed by atoms with van der Waals surface area (Å²) in [6.45, 7) is 6.86. The molecule has 1 saturated carbocycles. The molecule has 0 saturated heterocycles. The van der Waals surface area contributed by atoms with Gasteiger partial charge in [-0.3, -0.25) is 9.59 Å². The normalized spacial score (nSPS) is 22.4. The van der Waals surface area contributed by atoms with Crippen LogP contribution in [0.15, 0.2) is 9.95 Å². The van der Waals surface area contributed by atoms with Crippen molar-refractivity contribution in [1.82, 2.24) is 9.97 Å². The molecular weight excluding hydrogens is 404 g/mol. The monoisotopic (exact) mass is 434 g/mol. The van der Waals surface area contributed by atoms with Crippen molar-refractivity contribution in [2.24, 2.45) is 11.3 Å². The Balaban J connectivity index is 1.34. The quantitative estimate of drug-likeness (QED) is 0.412. The van der Waals surface area contributed by atoms with Gasteiger partial charge in [0.25, 0.3) is 5.56 Å². The van der Waals surface area contributed by atoms with Crippen LogP contribution in [0, 0.1) is 11.3 Å². The van der Waals surface area contributed by atoms with Crippen molar-refractivity contribution in [3.05, 3.63) is 20.8 Å². The maximum atomic E-state index is 12.6. The van der Waals surface area contributed by atoms with Gasteiger partial charge >= 0.3 is 5.97 Å². The first-order chi connectivity index (χ1) is 13.8. The van der Waals surface area contributed by atoms with E-state index >= 15 is 0 Å². The fourth-order valence-electron chi connectivity index (χ4n) is 4.61. The lowest BCUT2D eigenvalue weighted by Gasteiger charge is -2.36. The summed E-state index contributed by atoms with van der Waals surface area (Å²) in [4.78, 5) is 34.5. The number of hydrogen-bond donors (Lipinski definition) is 1. The molecule has 158 valence electrons. The van der Waals surface area contributed by atoms with Crippen molar-refractivity contribution in [1.29, 1.82) is 0 Å². The molecule has 1 fully saturated rings. The van der Waals surface area contributed by atoms with Crippen LogP contribution in [0.25, 0.3) is 10.2 Å².